The minimum absolute atomic E-state index is 0.0891. The molecular weight excluding hydrogens is 406 g/mol. The smallest absolute Gasteiger partial charge is 0.219 e. The number of rotatable bonds is 5. The monoisotopic (exact) mass is 437 g/mol. The van der Waals surface area contributed by atoms with Crippen LogP contribution in [-0.2, 0) is 4.79 Å². The molecule has 1 atom stereocenters. The van der Waals surface area contributed by atoms with Crippen LogP contribution in [0.2, 0.25) is 0 Å². The first-order chi connectivity index (χ1) is 15.4. The van der Waals surface area contributed by atoms with Crippen LogP contribution in [0, 0.1) is 0 Å². The summed E-state index contributed by atoms with van der Waals surface area (Å²) in [7, 11) is 1.66. The first kappa shape index (κ1) is 22.1. The Morgan fingerprint density at radius 3 is 2.69 bits per heavy atom. The molecule has 0 saturated carbocycles. The van der Waals surface area contributed by atoms with Crippen molar-refractivity contribution in [3.63, 3.8) is 0 Å². The van der Waals surface area contributed by atoms with Crippen molar-refractivity contribution in [2.24, 2.45) is 4.99 Å². The van der Waals surface area contributed by atoms with E-state index in [9.17, 15) is 9.90 Å². The summed E-state index contributed by atoms with van der Waals surface area (Å²) in [6, 6.07) is 13.4. The molecule has 170 valence electrons. The molecule has 2 N–H and O–H groups in total. The number of aliphatic imine (C=N–C) groups is 1. The zero-order chi connectivity index (χ0) is 22.7. The lowest BCUT2D eigenvalue weighted by Crippen LogP contribution is -2.56. The first-order valence-corrected chi connectivity index (χ1v) is 11.2. The van der Waals surface area contributed by atoms with Crippen LogP contribution in [0.15, 0.2) is 47.5 Å². The van der Waals surface area contributed by atoms with Crippen LogP contribution >= 0.6 is 0 Å². The molecule has 32 heavy (non-hydrogen) atoms. The van der Waals surface area contributed by atoms with Gasteiger partial charge in [-0.3, -0.25) is 15.1 Å². The summed E-state index contributed by atoms with van der Waals surface area (Å²) < 4.78 is 11.0. The molecule has 1 saturated heterocycles. The molecule has 1 fully saturated rings. The maximum absolute atomic E-state index is 11.9. The maximum Gasteiger partial charge on any atom is 0.219 e. The second kappa shape index (κ2) is 9.20. The Bertz CT molecular complexity index is 1010. The van der Waals surface area contributed by atoms with Crippen LogP contribution in [0.5, 0.6) is 17.2 Å². The van der Waals surface area contributed by atoms with Gasteiger partial charge in [-0.05, 0) is 30.7 Å². The van der Waals surface area contributed by atoms with Gasteiger partial charge in [0.2, 0.25) is 5.91 Å². The average molecular weight is 438 g/mol. The number of likely N-dealkylation sites (tertiary alicyclic amines) is 1. The van der Waals surface area contributed by atoms with Gasteiger partial charge in [0.1, 0.15) is 11.4 Å². The number of aromatic hydroxyl groups is 1. The summed E-state index contributed by atoms with van der Waals surface area (Å²) in [5.74, 6) is 1.51. The Labute approximate surface area is 189 Å². The molecule has 2 aromatic rings. The molecule has 0 bridgehead atoms. The van der Waals surface area contributed by atoms with Gasteiger partial charge < -0.3 is 19.5 Å². The van der Waals surface area contributed by atoms with Crippen molar-refractivity contribution in [2.75, 3.05) is 26.8 Å². The van der Waals surface area contributed by atoms with Gasteiger partial charge in [0.25, 0.3) is 0 Å². The Morgan fingerprint density at radius 1 is 1.25 bits per heavy atom. The van der Waals surface area contributed by atoms with Gasteiger partial charge in [0, 0.05) is 56.6 Å². The molecular formula is C25H31N3O4. The van der Waals surface area contributed by atoms with E-state index in [4.69, 9.17) is 14.5 Å². The van der Waals surface area contributed by atoms with Crippen LogP contribution in [0.1, 0.15) is 50.3 Å². The highest BCUT2D eigenvalue weighted by molar-refractivity contribution is 6.02. The third-order valence-corrected chi connectivity index (χ3v) is 6.33. The molecule has 0 aromatic heterocycles. The van der Waals surface area contributed by atoms with Crippen LogP contribution in [0.3, 0.4) is 0 Å². The molecule has 7 heteroatoms. The SMILES string of the molecule is CCOc1cccc([C@H]2CC(c3cccc(OC)c3)=NC3(CCN(C(C)=O)CC3)N2)c1O. The summed E-state index contributed by atoms with van der Waals surface area (Å²) in [6.45, 7) is 5.29. The van der Waals surface area contributed by atoms with E-state index in [1.807, 2.05) is 48.2 Å². The number of nitrogens with one attached hydrogen (secondary N) is 1. The first-order valence-electron chi connectivity index (χ1n) is 11.2. The standard InChI is InChI=1S/C25H31N3O4/c1-4-32-23-10-6-9-20(24(23)30)22-16-21(18-7-5-8-19(15-18)31-3)26-25(27-22)11-13-28(14-12-25)17(2)29/h5-10,15,22,27,30H,4,11-14,16H2,1-3H3/t22-/m1/s1. The number of hydrogen-bond acceptors (Lipinski definition) is 6. The van der Waals surface area contributed by atoms with Crippen molar-refractivity contribution < 1.29 is 19.4 Å². The number of carbonyl (C=O) groups is 1. The van der Waals surface area contributed by atoms with Crippen LogP contribution in [-0.4, -0.2) is 54.1 Å². The normalized spacial score (nSPS) is 20.0. The van der Waals surface area contributed by atoms with Gasteiger partial charge in [-0.25, -0.2) is 0 Å². The average Bonchev–Trinajstić information content (AvgIpc) is 2.80. The quantitative estimate of drug-likeness (QED) is 0.746. The van der Waals surface area contributed by atoms with E-state index < -0.39 is 5.66 Å². The number of methoxy groups -OCH3 is 1. The zero-order valence-electron chi connectivity index (χ0n) is 18.9. The van der Waals surface area contributed by atoms with Crippen molar-refractivity contribution >= 4 is 11.6 Å². The molecule has 2 aromatic carbocycles. The lowest BCUT2D eigenvalue weighted by molar-refractivity contribution is -0.130. The molecule has 1 spiro atoms. The third-order valence-electron chi connectivity index (χ3n) is 6.33. The van der Waals surface area contributed by atoms with E-state index in [2.05, 4.69) is 5.32 Å². The van der Waals surface area contributed by atoms with E-state index in [1.54, 1.807) is 20.1 Å². The third kappa shape index (κ3) is 4.43. The number of amides is 1. The van der Waals surface area contributed by atoms with E-state index in [1.165, 1.54) is 0 Å². The predicted molar refractivity (Wildman–Crippen MR) is 124 cm³/mol. The Kier molecular flexibility index (Phi) is 6.37. The zero-order valence-corrected chi connectivity index (χ0v) is 18.9. The fourth-order valence-electron chi connectivity index (χ4n) is 4.62. The summed E-state index contributed by atoms with van der Waals surface area (Å²) >= 11 is 0. The van der Waals surface area contributed by atoms with E-state index >= 15 is 0 Å². The molecule has 4 rings (SSSR count). The number of ether oxygens (including phenoxy) is 2. The van der Waals surface area contributed by atoms with Gasteiger partial charge in [-0.2, -0.15) is 0 Å². The number of para-hydroxylation sites is 1. The highest BCUT2D eigenvalue weighted by Crippen LogP contribution is 2.40. The molecule has 2 heterocycles. The Morgan fingerprint density at radius 2 is 2.00 bits per heavy atom. The molecule has 7 nitrogen and oxygen atoms in total. The fourth-order valence-corrected chi connectivity index (χ4v) is 4.62. The molecule has 0 radical (unpaired) electrons. The Balaban J connectivity index is 1.72. The molecule has 2 aliphatic rings. The second-order valence-corrected chi connectivity index (χ2v) is 8.36. The number of hydrogen-bond donors (Lipinski definition) is 2. The summed E-state index contributed by atoms with van der Waals surface area (Å²) in [5, 5.41) is 14.6. The van der Waals surface area contributed by atoms with Crippen molar-refractivity contribution in [3.05, 3.63) is 53.6 Å². The summed E-state index contributed by atoms with van der Waals surface area (Å²) in [4.78, 5) is 18.9. The molecule has 0 unspecified atom stereocenters. The van der Waals surface area contributed by atoms with Gasteiger partial charge in [-0.15, -0.1) is 0 Å². The number of phenols is 1. The van der Waals surface area contributed by atoms with Crippen LogP contribution in [0.25, 0.3) is 0 Å². The van der Waals surface area contributed by atoms with Crippen molar-refractivity contribution in [1.82, 2.24) is 10.2 Å². The van der Waals surface area contributed by atoms with Gasteiger partial charge in [0.15, 0.2) is 11.5 Å². The molecule has 1 amide bonds. The minimum atomic E-state index is -0.499. The van der Waals surface area contributed by atoms with E-state index in [0.29, 0.717) is 44.7 Å². The van der Waals surface area contributed by atoms with Crippen molar-refractivity contribution in [2.45, 2.75) is 44.8 Å². The van der Waals surface area contributed by atoms with Crippen LogP contribution < -0.4 is 14.8 Å². The molecule has 2 aliphatic heterocycles. The summed E-state index contributed by atoms with van der Waals surface area (Å²) in [6.07, 6.45) is 2.04. The van der Waals surface area contributed by atoms with E-state index in [-0.39, 0.29) is 17.7 Å². The number of benzene rings is 2. The topological polar surface area (TPSA) is 83.4 Å². The number of piperidine rings is 1. The van der Waals surface area contributed by atoms with Gasteiger partial charge >= 0.3 is 0 Å². The fraction of sp³-hybridized carbons (Fsp3) is 0.440. The highest BCUT2D eigenvalue weighted by atomic mass is 16.5. The van der Waals surface area contributed by atoms with Gasteiger partial charge in [-0.1, -0.05) is 24.3 Å². The lowest BCUT2D eigenvalue weighted by atomic mass is 9.87. The highest BCUT2D eigenvalue weighted by Gasteiger charge is 2.41. The van der Waals surface area contributed by atoms with E-state index in [0.717, 1.165) is 22.6 Å². The van der Waals surface area contributed by atoms with Crippen molar-refractivity contribution in [1.29, 1.82) is 0 Å². The minimum Gasteiger partial charge on any atom is -0.504 e. The van der Waals surface area contributed by atoms with Crippen molar-refractivity contribution in [3.8, 4) is 17.2 Å². The molecule has 0 aliphatic carbocycles. The largest absolute Gasteiger partial charge is 0.504 e. The predicted octanol–water partition coefficient (Wildman–Crippen LogP) is 3.66. The number of nitrogens with zero attached hydrogens (tertiary/aromatic N) is 2. The number of phenolic OH excluding ortho intramolecular Hbond substituents is 1. The number of carbonyl (C=O) groups excluding carboxylic acids is 1. The summed E-state index contributed by atoms with van der Waals surface area (Å²) in [5.41, 5.74) is 2.26. The Hall–Kier alpha value is -3.06. The second-order valence-electron chi connectivity index (χ2n) is 8.36. The maximum atomic E-state index is 11.9. The van der Waals surface area contributed by atoms with Gasteiger partial charge in [0.05, 0.1) is 13.7 Å². The van der Waals surface area contributed by atoms with Crippen LogP contribution in [0.4, 0.5) is 0 Å². The lowest BCUT2D eigenvalue weighted by Gasteiger charge is -2.45.